The highest BCUT2D eigenvalue weighted by Gasteiger charge is 2.16. The zero-order valence-corrected chi connectivity index (χ0v) is 15.8. The van der Waals surface area contributed by atoms with Crippen molar-refractivity contribution in [3.05, 3.63) is 104 Å². The van der Waals surface area contributed by atoms with Gasteiger partial charge in [-0.3, -0.25) is 19.1 Å². The summed E-state index contributed by atoms with van der Waals surface area (Å²) in [5.74, 6) is -0.642. The quantitative estimate of drug-likeness (QED) is 0.544. The van der Waals surface area contributed by atoms with E-state index in [0.29, 0.717) is 16.3 Å². The molecule has 8 heteroatoms. The normalized spacial score (nSPS) is 10.8. The summed E-state index contributed by atoms with van der Waals surface area (Å²) < 4.78 is 0.939. The fourth-order valence-corrected chi connectivity index (χ4v) is 3.15. The maximum atomic E-state index is 12.8. The summed E-state index contributed by atoms with van der Waals surface area (Å²) in [6, 6.07) is 16.1. The Kier molecular flexibility index (Phi) is 4.97. The third-order valence-corrected chi connectivity index (χ3v) is 4.81. The van der Waals surface area contributed by atoms with Crippen molar-refractivity contribution in [1.29, 1.82) is 0 Å². The van der Waals surface area contributed by atoms with Crippen LogP contribution in [0.2, 0.25) is 5.02 Å². The molecule has 0 aliphatic heterocycles. The Morgan fingerprint density at radius 2 is 1.86 bits per heavy atom. The monoisotopic (exact) mass is 406 g/mol. The Labute approximate surface area is 169 Å². The second kappa shape index (κ2) is 7.73. The zero-order valence-electron chi connectivity index (χ0n) is 15.1. The van der Waals surface area contributed by atoms with E-state index in [1.165, 1.54) is 6.20 Å². The second-order valence-corrected chi connectivity index (χ2v) is 6.77. The lowest BCUT2D eigenvalue weighted by Gasteiger charge is -2.09. The molecule has 0 atom stereocenters. The molecule has 0 aliphatic rings. The van der Waals surface area contributed by atoms with Crippen LogP contribution in [0.1, 0.15) is 15.9 Å². The summed E-state index contributed by atoms with van der Waals surface area (Å²) in [4.78, 5) is 44.3. The lowest BCUT2D eigenvalue weighted by molar-refractivity contribution is 0.102. The standard InChI is InChI=1S/C21H15ClN4O3/c22-17-7-3-1-6-14(17)12-26-20(28)16(11-24-21(26)29)19(27)25-15-9-13-5-2-4-8-18(13)23-10-15/h1-11H,12H2,(H,24,29)(H,25,27). The highest BCUT2D eigenvalue weighted by Crippen LogP contribution is 2.17. The molecule has 4 aromatic rings. The van der Waals surface area contributed by atoms with E-state index in [-0.39, 0.29) is 12.1 Å². The number of H-pyrrole nitrogens is 1. The number of carbonyl (C=O) groups is 1. The van der Waals surface area contributed by atoms with Crippen molar-refractivity contribution in [2.45, 2.75) is 6.54 Å². The Morgan fingerprint density at radius 1 is 1.10 bits per heavy atom. The molecule has 144 valence electrons. The van der Waals surface area contributed by atoms with Crippen molar-refractivity contribution in [1.82, 2.24) is 14.5 Å². The highest BCUT2D eigenvalue weighted by atomic mass is 35.5. The number of amides is 1. The van der Waals surface area contributed by atoms with Crippen LogP contribution >= 0.6 is 11.6 Å². The molecule has 1 amide bonds. The van der Waals surface area contributed by atoms with Crippen molar-refractivity contribution in [3.8, 4) is 0 Å². The van der Waals surface area contributed by atoms with E-state index in [1.807, 2.05) is 24.3 Å². The summed E-state index contributed by atoms with van der Waals surface area (Å²) in [6.07, 6.45) is 2.62. The van der Waals surface area contributed by atoms with E-state index in [9.17, 15) is 14.4 Å². The van der Waals surface area contributed by atoms with Gasteiger partial charge in [-0.05, 0) is 23.8 Å². The van der Waals surface area contributed by atoms with Gasteiger partial charge in [0.15, 0.2) is 0 Å². The van der Waals surface area contributed by atoms with Crippen molar-refractivity contribution >= 4 is 34.1 Å². The molecule has 0 aliphatic carbocycles. The van der Waals surface area contributed by atoms with Crippen LogP contribution in [0.4, 0.5) is 5.69 Å². The largest absolute Gasteiger partial charge is 0.328 e. The summed E-state index contributed by atoms with van der Waals surface area (Å²) in [6.45, 7) is -0.0491. The first-order valence-corrected chi connectivity index (χ1v) is 9.13. The number of nitrogens with one attached hydrogen (secondary N) is 2. The number of para-hydroxylation sites is 1. The van der Waals surface area contributed by atoms with Gasteiger partial charge >= 0.3 is 5.69 Å². The van der Waals surface area contributed by atoms with E-state index in [4.69, 9.17) is 11.6 Å². The van der Waals surface area contributed by atoms with Gasteiger partial charge in [0.2, 0.25) is 0 Å². The first-order valence-electron chi connectivity index (χ1n) is 8.75. The van der Waals surface area contributed by atoms with Crippen LogP contribution in [0, 0.1) is 0 Å². The minimum Gasteiger partial charge on any atom is -0.320 e. The van der Waals surface area contributed by atoms with Gasteiger partial charge in [0.1, 0.15) is 5.56 Å². The van der Waals surface area contributed by atoms with Gasteiger partial charge in [0, 0.05) is 16.6 Å². The summed E-state index contributed by atoms with van der Waals surface area (Å²) in [7, 11) is 0. The predicted octanol–water partition coefficient (Wildman–Crippen LogP) is 3.04. The van der Waals surface area contributed by atoms with Crippen molar-refractivity contribution in [2.75, 3.05) is 5.32 Å². The number of halogens is 1. The number of fused-ring (bicyclic) bond motifs is 1. The molecule has 0 fully saturated rings. The Hall–Kier alpha value is -3.71. The first kappa shape index (κ1) is 18.6. The lowest BCUT2D eigenvalue weighted by Crippen LogP contribution is -2.39. The van der Waals surface area contributed by atoms with E-state index in [2.05, 4.69) is 15.3 Å². The second-order valence-electron chi connectivity index (χ2n) is 6.36. The summed E-state index contributed by atoms with van der Waals surface area (Å²) in [5.41, 5.74) is 0.301. The number of pyridine rings is 1. The number of aromatic nitrogens is 3. The van der Waals surface area contributed by atoms with Crippen LogP contribution < -0.4 is 16.6 Å². The SMILES string of the molecule is O=C(Nc1cnc2ccccc2c1)c1c[nH]c(=O)n(Cc2ccccc2Cl)c1=O. The van der Waals surface area contributed by atoms with Gasteiger partial charge in [-0.1, -0.05) is 48.0 Å². The smallest absolute Gasteiger partial charge is 0.320 e. The highest BCUT2D eigenvalue weighted by molar-refractivity contribution is 6.31. The number of aromatic amines is 1. The number of hydrogen-bond acceptors (Lipinski definition) is 4. The number of hydrogen-bond donors (Lipinski definition) is 2. The van der Waals surface area contributed by atoms with Crippen LogP contribution in [0.15, 0.2) is 76.6 Å². The van der Waals surface area contributed by atoms with Crippen LogP contribution in [0.3, 0.4) is 0 Å². The molecule has 7 nitrogen and oxygen atoms in total. The van der Waals surface area contributed by atoms with Crippen molar-refractivity contribution in [2.24, 2.45) is 0 Å². The molecular formula is C21H15ClN4O3. The molecule has 2 aromatic carbocycles. The molecule has 0 bridgehead atoms. The predicted molar refractivity (Wildman–Crippen MR) is 112 cm³/mol. The van der Waals surface area contributed by atoms with Crippen LogP contribution in [-0.2, 0) is 6.54 Å². The topological polar surface area (TPSA) is 96.8 Å². The van der Waals surface area contributed by atoms with Gasteiger partial charge < -0.3 is 10.3 Å². The van der Waals surface area contributed by atoms with E-state index in [0.717, 1.165) is 21.7 Å². The number of rotatable bonds is 4. The fraction of sp³-hybridized carbons (Fsp3) is 0.0476. The van der Waals surface area contributed by atoms with Crippen LogP contribution in [0.5, 0.6) is 0 Å². The molecule has 29 heavy (non-hydrogen) atoms. The molecular weight excluding hydrogens is 392 g/mol. The van der Waals surface area contributed by atoms with Crippen molar-refractivity contribution < 1.29 is 4.79 Å². The van der Waals surface area contributed by atoms with E-state index in [1.54, 1.807) is 30.3 Å². The molecule has 0 saturated carbocycles. The molecule has 2 heterocycles. The van der Waals surface area contributed by atoms with Gasteiger partial charge in [-0.25, -0.2) is 4.79 Å². The lowest BCUT2D eigenvalue weighted by atomic mass is 10.2. The molecule has 4 rings (SSSR count). The minimum atomic E-state index is -0.708. The minimum absolute atomic E-state index is 0.0491. The van der Waals surface area contributed by atoms with Crippen LogP contribution in [-0.4, -0.2) is 20.4 Å². The average molecular weight is 407 g/mol. The van der Waals surface area contributed by atoms with E-state index >= 15 is 0 Å². The third-order valence-electron chi connectivity index (χ3n) is 4.44. The average Bonchev–Trinajstić information content (AvgIpc) is 2.72. The Balaban J connectivity index is 1.65. The summed E-state index contributed by atoms with van der Waals surface area (Å²) in [5, 5.41) is 3.93. The molecule has 0 spiro atoms. The van der Waals surface area contributed by atoms with Gasteiger partial charge in [-0.2, -0.15) is 0 Å². The molecule has 2 N–H and O–H groups in total. The molecule has 0 saturated heterocycles. The molecule has 0 unspecified atom stereocenters. The number of carbonyl (C=O) groups excluding carboxylic acids is 1. The van der Waals surface area contributed by atoms with E-state index < -0.39 is 17.2 Å². The van der Waals surface area contributed by atoms with Crippen LogP contribution in [0.25, 0.3) is 10.9 Å². The third kappa shape index (κ3) is 3.81. The van der Waals surface area contributed by atoms with Gasteiger partial charge in [0.05, 0.1) is 23.9 Å². The fourth-order valence-electron chi connectivity index (χ4n) is 2.95. The maximum absolute atomic E-state index is 12.8. The number of benzene rings is 2. The van der Waals surface area contributed by atoms with Crippen molar-refractivity contribution in [3.63, 3.8) is 0 Å². The maximum Gasteiger partial charge on any atom is 0.328 e. The Bertz CT molecular complexity index is 1340. The summed E-state index contributed by atoms with van der Waals surface area (Å²) >= 11 is 6.12. The molecule has 2 aromatic heterocycles. The Morgan fingerprint density at radius 3 is 2.69 bits per heavy atom. The number of anilines is 1. The number of nitrogens with zero attached hydrogens (tertiary/aromatic N) is 2. The molecule has 0 radical (unpaired) electrons. The van der Waals surface area contributed by atoms with Gasteiger partial charge in [-0.15, -0.1) is 0 Å². The zero-order chi connectivity index (χ0) is 20.4. The van der Waals surface area contributed by atoms with Gasteiger partial charge in [0.25, 0.3) is 11.5 Å². The first-order chi connectivity index (χ1) is 14.0.